The first kappa shape index (κ1) is 13.1. The average molecular weight is 268 g/mol. The average Bonchev–Trinajstić information content (AvgIpc) is 2.48. The number of aromatic nitrogens is 2. The van der Waals surface area contributed by atoms with E-state index in [1.54, 1.807) is 6.33 Å². The van der Waals surface area contributed by atoms with Crippen LogP contribution in [0.4, 0.5) is 5.82 Å². The fraction of sp³-hybridized carbons (Fsp3) is 0.375. The van der Waals surface area contributed by atoms with Crippen LogP contribution in [0.5, 0.6) is 0 Å². The monoisotopic (exact) mass is 268 g/mol. The molecule has 0 saturated heterocycles. The van der Waals surface area contributed by atoms with Crippen molar-refractivity contribution in [2.24, 2.45) is 0 Å². The molecule has 2 heterocycles. The summed E-state index contributed by atoms with van der Waals surface area (Å²) in [5.41, 5.74) is 6.32. The predicted molar refractivity (Wildman–Crippen MR) is 80.7 cm³/mol. The second-order valence-electron chi connectivity index (χ2n) is 5.35. The van der Waals surface area contributed by atoms with Gasteiger partial charge in [0.05, 0.1) is 5.69 Å². The Kier molecular flexibility index (Phi) is 3.65. The molecule has 2 N–H and O–H groups in total. The predicted octanol–water partition coefficient (Wildman–Crippen LogP) is 2.35. The van der Waals surface area contributed by atoms with Crippen molar-refractivity contribution in [2.75, 3.05) is 11.9 Å². The third-order valence-electron chi connectivity index (χ3n) is 3.91. The van der Waals surface area contributed by atoms with Crippen LogP contribution >= 0.6 is 0 Å². The summed E-state index contributed by atoms with van der Waals surface area (Å²) >= 11 is 0. The van der Waals surface area contributed by atoms with Gasteiger partial charge in [0.2, 0.25) is 0 Å². The molecular formula is C16H20N4. The van der Waals surface area contributed by atoms with Crippen LogP contribution in [-0.4, -0.2) is 16.5 Å². The summed E-state index contributed by atoms with van der Waals surface area (Å²) < 4.78 is 0. The van der Waals surface area contributed by atoms with E-state index >= 15 is 0 Å². The number of benzene rings is 1. The molecular weight excluding hydrogens is 248 g/mol. The van der Waals surface area contributed by atoms with Crippen molar-refractivity contribution < 1.29 is 0 Å². The van der Waals surface area contributed by atoms with Gasteiger partial charge in [-0.05, 0) is 30.5 Å². The van der Waals surface area contributed by atoms with Gasteiger partial charge >= 0.3 is 0 Å². The van der Waals surface area contributed by atoms with Gasteiger partial charge in [-0.1, -0.05) is 18.2 Å². The number of nitrogens with zero attached hydrogens (tertiary/aromatic N) is 2. The van der Waals surface area contributed by atoms with Crippen LogP contribution < -0.4 is 10.6 Å². The number of aryl methyl sites for hydroxylation is 2. The lowest BCUT2D eigenvalue weighted by atomic mass is 10.1. The van der Waals surface area contributed by atoms with Gasteiger partial charge in [0, 0.05) is 31.6 Å². The first-order valence-electron chi connectivity index (χ1n) is 7.07. The molecule has 0 saturated carbocycles. The summed E-state index contributed by atoms with van der Waals surface area (Å²) in [4.78, 5) is 8.75. The first-order chi connectivity index (χ1) is 9.74. The van der Waals surface area contributed by atoms with Gasteiger partial charge in [0.15, 0.2) is 0 Å². The maximum atomic E-state index is 4.38. The van der Waals surface area contributed by atoms with E-state index in [2.05, 4.69) is 52.6 Å². The van der Waals surface area contributed by atoms with E-state index in [1.165, 1.54) is 27.9 Å². The topological polar surface area (TPSA) is 49.8 Å². The molecule has 4 nitrogen and oxygen atoms in total. The SMILES string of the molecule is Cc1ccc(CNc2ncnc3c2CNCC3)cc1C. The zero-order chi connectivity index (χ0) is 13.9. The van der Waals surface area contributed by atoms with Crippen LogP contribution in [0, 0.1) is 13.8 Å². The lowest BCUT2D eigenvalue weighted by Gasteiger charge is -2.19. The maximum absolute atomic E-state index is 4.38. The van der Waals surface area contributed by atoms with Crippen molar-refractivity contribution in [3.63, 3.8) is 0 Å². The molecule has 0 unspecified atom stereocenters. The van der Waals surface area contributed by atoms with Crippen molar-refractivity contribution in [2.45, 2.75) is 33.4 Å². The van der Waals surface area contributed by atoms with E-state index < -0.39 is 0 Å². The van der Waals surface area contributed by atoms with E-state index in [4.69, 9.17) is 0 Å². The van der Waals surface area contributed by atoms with Gasteiger partial charge in [-0.3, -0.25) is 0 Å². The summed E-state index contributed by atoms with van der Waals surface area (Å²) in [6.07, 6.45) is 2.64. The Morgan fingerprint density at radius 1 is 1.20 bits per heavy atom. The van der Waals surface area contributed by atoms with Gasteiger partial charge in [-0.25, -0.2) is 9.97 Å². The number of hydrogen-bond acceptors (Lipinski definition) is 4. The van der Waals surface area contributed by atoms with Crippen molar-refractivity contribution >= 4 is 5.82 Å². The zero-order valence-electron chi connectivity index (χ0n) is 12.0. The highest BCUT2D eigenvalue weighted by Crippen LogP contribution is 2.19. The normalized spacial score (nSPS) is 13.9. The molecule has 0 radical (unpaired) electrons. The lowest BCUT2D eigenvalue weighted by molar-refractivity contribution is 0.627. The minimum absolute atomic E-state index is 0.796. The van der Waals surface area contributed by atoms with Gasteiger partial charge < -0.3 is 10.6 Å². The van der Waals surface area contributed by atoms with E-state index in [-0.39, 0.29) is 0 Å². The van der Waals surface area contributed by atoms with Crippen LogP contribution in [0.15, 0.2) is 24.5 Å². The van der Waals surface area contributed by atoms with Crippen molar-refractivity contribution in [3.8, 4) is 0 Å². The highest BCUT2D eigenvalue weighted by molar-refractivity contribution is 5.47. The second kappa shape index (κ2) is 5.59. The summed E-state index contributed by atoms with van der Waals surface area (Å²) in [6, 6.07) is 6.57. The number of hydrogen-bond donors (Lipinski definition) is 2. The fourth-order valence-electron chi connectivity index (χ4n) is 2.52. The minimum atomic E-state index is 0.796. The van der Waals surface area contributed by atoms with Gasteiger partial charge in [0.1, 0.15) is 12.1 Å². The van der Waals surface area contributed by atoms with E-state index in [0.29, 0.717) is 0 Å². The molecule has 4 heteroatoms. The van der Waals surface area contributed by atoms with Gasteiger partial charge in [-0.2, -0.15) is 0 Å². The third-order valence-corrected chi connectivity index (χ3v) is 3.91. The van der Waals surface area contributed by atoms with E-state index in [0.717, 1.165) is 31.9 Å². The summed E-state index contributed by atoms with van der Waals surface area (Å²) in [7, 11) is 0. The Bertz CT molecular complexity index is 622. The van der Waals surface area contributed by atoms with Crippen molar-refractivity contribution in [1.82, 2.24) is 15.3 Å². The number of anilines is 1. The Labute approximate surface area is 119 Å². The minimum Gasteiger partial charge on any atom is -0.366 e. The van der Waals surface area contributed by atoms with Crippen LogP contribution in [-0.2, 0) is 19.5 Å². The molecule has 0 bridgehead atoms. The number of fused-ring (bicyclic) bond motifs is 1. The molecule has 104 valence electrons. The molecule has 20 heavy (non-hydrogen) atoms. The Hall–Kier alpha value is -1.94. The Morgan fingerprint density at radius 3 is 2.95 bits per heavy atom. The highest BCUT2D eigenvalue weighted by Gasteiger charge is 2.14. The standard InChI is InChI=1S/C16H20N4/c1-11-3-4-13(7-12(11)2)8-18-16-14-9-17-6-5-15(14)19-10-20-16/h3-4,7,10,17H,5-6,8-9H2,1-2H3,(H,18,19,20). The molecule has 3 rings (SSSR count). The molecule has 1 aliphatic heterocycles. The number of rotatable bonds is 3. The summed E-state index contributed by atoms with van der Waals surface area (Å²) in [5.74, 6) is 0.959. The van der Waals surface area contributed by atoms with E-state index in [9.17, 15) is 0 Å². The van der Waals surface area contributed by atoms with Gasteiger partial charge in [0.25, 0.3) is 0 Å². The number of nitrogens with one attached hydrogen (secondary N) is 2. The van der Waals surface area contributed by atoms with Crippen LogP contribution in [0.25, 0.3) is 0 Å². The van der Waals surface area contributed by atoms with Crippen molar-refractivity contribution in [1.29, 1.82) is 0 Å². The molecule has 0 fully saturated rings. The van der Waals surface area contributed by atoms with Gasteiger partial charge in [-0.15, -0.1) is 0 Å². The third kappa shape index (κ3) is 2.65. The second-order valence-corrected chi connectivity index (χ2v) is 5.35. The molecule has 0 aliphatic carbocycles. The Balaban J connectivity index is 1.76. The Morgan fingerprint density at radius 2 is 2.10 bits per heavy atom. The molecule has 1 aromatic heterocycles. The highest BCUT2D eigenvalue weighted by atomic mass is 15.0. The van der Waals surface area contributed by atoms with Crippen LogP contribution in [0.3, 0.4) is 0 Å². The smallest absolute Gasteiger partial charge is 0.134 e. The fourth-order valence-corrected chi connectivity index (χ4v) is 2.52. The molecule has 0 spiro atoms. The molecule has 0 atom stereocenters. The largest absolute Gasteiger partial charge is 0.366 e. The molecule has 2 aromatic rings. The molecule has 1 aliphatic rings. The van der Waals surface area contributed by atoms with E-state index in [1.807, 2.05) is 0 Å². The lowest BCUT2D eigenvalue weighted by Crippen LogP contribution is -2.26. The zero-order valence-corrected chi connectivity index (χ0v) is 12.0. The first-order valence-corrected chi connectivity index (χ1v) is 7.07. The van der Waals surface area contributed by atoms with Crippen LogP contribution in [0.1, 0.15) is 27.9 Å². The van der Waals surface area contributed by atoms with Crippen molar-refractivity contribution in [3.05, 3.63) is 52.5 Å². The molecule has 1 aromatic carbocycles. The van der Waals surface area contributed by atoms with Crippen LogP contribution in [0.2, 0.25) is 0 Å². The molecule has 0 amide bonds. The quantitative estimate of drug-likeness (QED) is 0.897. The summed E-state index contributed by atoms with van der Waals surface area (Å²) in [6.45, 7) is 6.94. The maximum Gasteiger partial charge on any atom is 0.134 e. The summed E-state index contributed by atoms with van der Waals surface area (Å²) in [5, 5.41) is 6.82.